The van der Waals surface area contributed by atoms with Crippen LogP contribution < -0.4 is 5.32 Å². The minimum absolute atomic E-state index is 0.477. The van der Waals surface area contributed by atoms with Gasteiger partial charge in [0.25, 0.3) is 0 Å². The molecular weight excluding hydrogens is 378 g/mol. The van der Waals surface area contributed by atoms with Crippen molar-refractivity contribution in [2.75, 3.05) is 6.54 Å². The smallest absolute Gasteiger partial charge is 0.0360 e. The van der Waals surface area contributed by atoms with Gasteiger partial charge in [-0.1, -0.05) is 70.9 Å². The highest BCUT2D eigenvalue weighted by molar-refractivity contribution is 9.11. The van der Waals surface area contributed by atoms with Crippen molar-refractivity contribution in [2.24, 2.45) is 5.92 Å². The summed E-state index contributed by atoms with van der Waals surface area (Å²) < 4.78 is 2.40. The average molecular weight is 403 g/mol. The summed E-state index contributed by atoms with van der Waals surface area (Å²) in [4.78, 5) is 0. The molecule has 1 nitrogen and oxygen atoms in total. The molecule has 1 saturated carbocycles. The molecule has 0 heterocycles. The molecule has 0 amide bonds. The summed E-state index contributed by atoms with van der Waals surface area (Å²) in [6.07, 6.45) is 9.74. The molecule has 0 aliphatic heterocycles. The quantitative estimate of drug-likeness (QED) is 0.629. The molecule has 0 saturated heterocycles. The number of nitrogens with one attached hydrogen (secondary N) is 1. The van der Waals surface area contributed by atoms with Gasteiger partial charge in [-0.25, -0.2) is 0 Å². The molecule has 112 valence electrons. The second-order valence-electron chi connectivity index (χ2n) is 5.81. The van der Waals surface area contributed by atoms with E-state index in [1.54, 1.807) is 0 Å². The Morgan fingerprint density at radius 3 is 2.40 bits per heavy atom. The lowest BCUT2D eigenvalue weighted by Gasteiger charge is -2.30. The van der Waals surface area contributed by atoms with E-state index in [4.69, 9.17) is 0 Å². The predicted molar refractivity (Wildman–Crippen MR) is 94.1 cm³/mol. The Labute approximate surface area is 140 Å². The highest BCUT2D eigenvalue weighted by Crippen LogP contribution is 2.37. The van der Waals surface area contributed by atoms with E-state index >= 15 is 0 Å². The molecule has 1 aliphatic rings. The molecule has 1 aromatic rings. The number of rotatable bonds is 4. The van der Waals surface area contributed by atoms with Crippen molar-refractivity contribution < 1.29 is 0 Å². The minimum atomic E-state index is 0.477. The first-order valence-electron chi connectivity index (χ1n) is 7.90. The average Bonchev–Trinajstić information content (AvgIpc) is 2.40. The Morgan fingerprint density at radius 1 is 1.10 bits per heavy atom. The highest BCUT2D eigenvalue weighted by atomic mass is 79.9. The van der Waals surface area contributed by atoms with Crippen molar-refractivity contribution in [3.63, 3.8) is 0 Å². The SMILES string of the molecule is CCNC(c1cc(Br)ccc1Br)C1CCCCCCC1. The van der Waals surface area contributed by atoms with E-state index in [0.717, 1.165) is 12.5 Å². The molecule has 0 bridgehead atoms. The van der Waals surface area contributed by atoms with Crippen LogP contribution in [-0.4, -0.2) is 6.54 Å². The van der Waals surface area contributed by atoms with Gasteiger partial charge in [0.15, 0.2) is 0 Å². The van der Waals surface area contributed by atoms with Crippen LogP contribution in [0.1, 0.15) is 63.5 Å². The zero-order chi connectivity index (χ0) is 14.4. The van der Waals surface area contributed by atoms with Crippen molar-refractivity contribution in [3.8, 4) is 0 Å². The van der Waals surface area contributed by atoms with Crippen LogP contribution in [0.15, 0.2) is 27.1 Å². The fourth-order valence-electron chi connectivity index (χ4n) is 3.32. The summed E-state index contributed by atoms with van der Waals surface area (Å²) in [5, 5.41) is 3.73. The van der Waals surface area contributed by atoms with Crippen LogP contribution >= 0.6 is 31.9 Å². The summed E-state index contributed by atoms with van der Waals surface area (Å²) in [5.74, 6) is 0.765. The lowest BCUT2D eigenvalue weighted by molar-refractivity contribution is 0.291. The van der Waals surface area contributed by atoms with Crippen LogP contribution in [0.4, 0.5) is 0 Å². The van der Waals surface area contributed by atoms with E-state index in [0.29, 0.717) is 6.04 Å². The van der Waals surface area contributed by atoms with Crippen molar-refractivity contribution in [1.29, 1.82) is 0 Å². The van der Waals surface area contributed by atoms with Crippen LogP contribution in [0.3, 0.4) is 0 Å². The van der Waals surface area contributed by atoms with E-state index in [9.17, 15) is 0 Å². The summed E-state index contributed by atoms with van der Waals surface area (Å²) >= 11 is 7.36. The van der Waals surface area contributed by atoms with E-state index < -0.39 is 0 Å². The van der Waals surface area contributed by atoms with Crippen LogP contribution in [0.5, 0.6) is 0 Å². The van der Waals surface area contributed by atoms with Gasteiger partial charge in [-0.15, -0.1) is 0 Å². The molecule has 3 heteroatoms. The number of benzene rings is 1. The molecule has 1 atom stereocenters. The van der Waals surface area contributed by atoms with Crippen molar-refractivity contribution in [2.45, 2.75) is 57.9 Å². The highest BCUT2D eigenvalue weighted by Gasteiger charge is 2.24. The fourth-order valence-corrected chi connectivity index (χ4v) is 4.20. The van der Waals surface area contributed by atoms with E-state index in [1.165, 1.54) is 59.5 Å². The first kappa shape index (κ1) is 16.5. The molecule has 0 radical (unpaired) electrons. The van der Waals surface area contributed by atoms with Gasteiger partial charge < -0.3 is 5.32 Å². The van der Waals surface area contributed by atoms with Gasteiger partial charge in [0.1, 0.15) is 0 Å². The predicted octanol–water partition coefficient (Wildman–Crippen LogP) is 6.22. The van der Waals surface area contributed by atoms with E-state index in [-0.39, 0.29) is 0 Å². The molecule has 20 heavy (non-hydrogen) atoms. The molecule has 1 unspecified atom stereocenters. The normalized spacial score (nSPS) is 19.4. The number of hydrogen-bond donors (Lipinski definition) is 1. The van der Waals surface area contributed by atoms with Crippen molar-refractivity contribution in [3.05, 3.63) is 32.7 Å². The van der Waals surface area contributed by atoms with E-state index in [2.05, 4.69) is 62.3 Å². The molecule has 1 aromatic carbocycles. The first-order valence-corrected chi connectivity index (χ1v) is 9.49. The fraction of sp³-hybridized carbons (Fsp3) is 0.647. The molecule has 2 rings (SSSR count). The van der Waals surface area contributed by atoms with Gasteiger partial charge in [0.05, 0.1) is 0 Å². The Balaban J connectivity index is 2.21. The van der Waals surface area contributed by atoms with E-state index in [1.807, 2.05) is 0 Å². The maximum Gasteiger partial charge on any atom is 0.0360 e. The van der Waals surface area contributed by atoms with Gasteiger partial charge in [-0.3, -0.25) is 0 Å². The van der Waals surface area contributed by atoms with Gasteiger partial charge in [0, 0.05) is 15.0 Å². The summed E-state index contributed by atoms with van der Waals surface area (Å²) in [6.45, 7) is 3.24. The second kappa shape index (κ2) is 8.55. The first-order chi connectivity index (χ1) is 9.72. The zero-order valence-electron chi connectivity index (χ0n) is 12.3. The molecule has 1 fully saturated rings. The van der Waals surface area contributed by atoms with Crippen molar-refractivity contribution >= 4 is 31.9 Å². The molecular formula is C17H25Br2N. The van der Waals surface area contributed by atoms with Gasteiger partial charge in [-0.05, 0) is 49.1 Å². The van der Waals surface area contributed by atoms with Crippen LogP contribution in [0.2, 0.25) is 0 Å². The largest absolute Gasteiger partial charge is 0.310 e. The maximum absolute atomic E-state index is 3.74. The van der Waals surface area contributed by atoms with Crippen molar-refractivity contribution in [1.82, 2.24) is 5.32 Å². The summed E-state index contributed by atoms with van der Waals surface area (Å²) in [7, 11) is 0. The topological polar surface area (TPSA) is 12.0 Å². The summed E-state index contributed by atoms with van der Waals surface area (Å²) in [5.41, 5.74) is 1.41. The Bertz CT molecular complexity index is 411. The Morgan fingerprint density at radius 2 is 1.75 bits per heavy atom. The molecule has 1 aliphatic carbocycles. The lowest BCUT2D eigenvalue weighted by Crippen LogP contribution is -2.29. The van der Waals surface area contributed by atoms with Crippen LogP contribution in [0.25, 0.3) is 0 Å². The third-order valence-corrected chi connectivity index (χ3v) is 5.55. The number of hydrogen-bond acceptors (Lipinski definition) is 1. The van der Waals surface area contributed by atoms with Crippen LogP contribution in [0, 0.1) is 5.92 Å². The van der Waals surface area contributed by atoms with Gasteiger partial charge in [0.2, 0.25) is 0 Å². The standard InChI is InChI=1S/C17H25Br2N/c1-2-20-17(13-8-6-4-3-5-7-9-13)15-12-14(18)10-11-16(15)19/h10-13,17,20H,2-9H2,1H3. The number of halogens is 2. The van der Waals surface area contributed by atoms with Gasteiger partial charge in [-0.2, -0.15) is 0 Å². The molecule has 0 spiro atoms. The monoisotopic (exact) mass is 401 g/mol. The molecule has 0 aromatic heterocycles. The zero-order valence-corrected chi connectivity index (χ0v) is 15.5. The summed E-state index contributed by atoms with van der Waals surface area (Å²) in [6, 6.07) is 7.02. The lowest BCUT2D eigenvalue weighted by atomic mass is 9.83. The maximum atomic E-state index is 3.74. The second-order valence-corrected chi connectivity index (χ2v) is 7.58. The van der Waals surface area contributed by atoms with Gasteiger partial charge >= 0.3 is 0 Å². The third-order valence-electron chi connectivity index (χ3n) is 4.34. The minimum Gasteiger partial charge on any atom is -0.310 e. The Hall–Kier alpha value is 0.140. The molecule has 1 N–H and O–H groups in total. The third kappa shape index (κ3) is 4.57. The van der Waals surface area contributed by atoms with Crippen LogP contribution in [-0.2, 0) is 0 Å². The Kier molecular flexibility index (Phi) is 7.06.